The van der Waals surface area contributed by atoms with Crippen molar-refractivity contribution in [2.24, 2.45) is 0 Å². The normalized spacial score (nSPS) is 15.7. The van der Waals surface area contributed by atoms with Crippen molar-refractivity contribution in [3.63, 3.8) is 0 Å². The Morgan fingerprint density at radius 2 is 1.96 bits per heavy atom. The summed E-state index contributed by atoms with van der Waals surface area (Å²) >= 11 is 0. The smallest absolute Gasteiger partial charge is 0.320 e. The Hall–Kier alpha value is -2.03. The lowest BCUT2D eigenvalue weighted by Gasteiger charge is -2.18. The lowest BCUT2D eigenvalue weighted by Crippen LogP contribution is -2.31. The molecule has 148 valence electrons. The molecule has 3 rings (SSSR count). The minimum atomic E-state index is -3.29. The maximum atomic E-state index is 13.5. The van der Waals surface area contributed by atoms with Crippen LogP contribution in [0.1, 0.15) is 44.5 Å². The summed E-state index contributed by atoms with van der Waals surface area (Å²) in [5.74, 6) is -0.531. The minimum absolute atomic E-state index is 0.0701. The number of alkyl halides is 2. The van der Waals surface area contributed by atoms with Gasteiger partial charge in [-0.3, -0.25) is 9.36 Å². The molecular weight excluding hydrogens is 376 g/mol. The maximum absolute atomic E-state index is 13.5. The van der Waals surface area contributed by atoms with E-state index in [0.717, 1.165) is 17.4 Å². The predicted octanol–water partition coefficient (Wildman–Crippen LogP) is 3.14. The molecule has 27 heavy (non-hydrogen) atoms. The Balaban J connectivity index is 1.68. The number of halogens is 2. The first-order chi connectivity index (χ1) is 12.8. The molecule has 0 unspecified atom stereocenters. The van der Waals surface area contributed by atoms with Crippen LogP contribution in [-0.4, -0.2) is 46.8 Å². The zero-order valence-corrected chi connectivity index (χ0v) is 16.0. The van der Waals surface area contributed by atoms with Crippen molar-refractivity contribution in [1.29, 1.82) is 0 Å². The first-order valence-electron chi connectivity index (χ1n) is 8.99. The molecule has 1 heterocycles. The van der Waals surface area contributed by atoms with Gasteiger partial charge in [-0.2, -0.15) is 8.78 Å². The number of hydrogen-bond acceptors (Lipinski definition) is 4. The topological polar surface area (TPSA) is 72.3 Å². The van der Waals surface area contributed by atoms with E-state index in [9.17, 15) is 22.0 Å². The third kappa shape index (κ3) is 4.28. The van der Waals surface area contributed by atoms with Gasteiger partial charge in [-0.05, 0) is 25.0 Å². The van der Waals surface area contributed by atoms with Crippen LogP contribution in [0.2, 0.25) is 0 Å². The molecule has 0 N–H and O–H groups in total. The molecule has 1 aromatic carbocycles. The van der Waals surface area contributed by atoms with Gasteiger partial charge in [-0.1, -0.05) is 25.0 Å². The van der Waals surface area contributed by atoms with Crippen molar-refractivity contribution in [2.75, 3.05) is 12.8 Å². The fraction of sp³-hybridized carbons (Fsp3) is 0.556. The maximum Gasteiger partial charge on any atom is 0.320 e. The van der Waals surface area contributed by atoms with Gasteiger partial charge in [0.2, 0.25) is 5.91 Å². The van der Waals surface area contributed by atoms with Gasteiger partial charge in [-0.25, -0.2) is 13.4 Å². The molecule has 0 radical (unpaired) electrons. The van der Waals surface area contributed by atoms with Crippen molar-refractivity contribution >= 4 is 26.8 Å². The molecule has 1 saturated carbocycles. The number of imidazole rings is 1. The van der Waals surface area contributed by atoms with E-state index in [1.54, 1.807) is 24.3 Å². The summed E-state index contributed by atoms with van der Waals surface area (Å²) in [5.41, 5.74) is 0.727. The molecular formula is C18H23F2N3O3S. The second kappa shape index (κ2) is 7.92. The van der Waals surface area contributed by atoms with Crippen LogP contribution in [0.15, 0.2) is 24.3 Å². The molecule has 0 aliphatic heterocycles. The summed E-state index contributed by atoms with van der Waals surface area (Å²) in [5, 5.41) is -0.348. The van der Waals surface area contributed by atoms with Crippen molar-refractivity contribution in [3.8, 4) is 0 Å². The van der Waals surface area contributed by atoms with Crippen LogP contribution in [-0.2, 0) is 21.2 Å². The number of hydrogen-bond donors (Lipinski definition) is 0. The van der Waals surface area contributed by atoms with E-state index in [-0.39, 0.29) is 29.8 Å². The van der Waals surface area contributed by atoms with Crippen LogP contribution >= 0.6 is 0 Å². The fourth-order valence-electron chi connectivity index (χ4n) is 3.56. The Bertz CT molecular complexity index is 921. The van der Waals surface area contributed by atoms with Crippen molar-refractivity contribution in [2.45, 2.75) is 50.4 Å². The lowest BCUT2D eigenvalue weighted by molar-refractivity contribution is -0.130. The Morgan fingerprint density at radius 1 is 1.30 bits per heavy atom. The molecule has 1 aliphatic rings. The van der Waals surface area contributed by atoms with Gasteiger partial charge < -0.3 is 4.90 Å². The van der Waals surface area contributed by atoms with Crippen LogP contribution in [0.25, 0.3) is 11.0 Å². The van der Waals surface area contributed by atoms with Crippen LogP contribution < -0.4 is 0 Å². The summed E-state index contributed by atoms with van der Waals surface area (Å²) in [4.78, 5) is 17.8. The number of para-hydroxylation sites is 2. The van der Waals surface area contributed by atoms with Gasteiger partial charge in [0, 0.05) is 13.5 Å². The third-order valence-corrected chi connectivity index (χ3v) is 7.34. The van der Waals surface area contributed by atoms with Gasteiger partial charge in [0.25, 0.3) is 0 Å². The van der Waals surface area contributed by atoms with Gasteiger partial charge >= 0.3 is 6.55 Å². The molecule has 0 saturated heterocycles. The fourth-order valence-corrected chi connectivity index (χ4v) is 5.40. The highest BCUT2D eigenvalue weighted by Crippen LogP contribution is 2.26. The van der Waals surface area contributed by atoms with Gasteiger partial charge in [-0.15, -0.1) is 0 Å². The molecule has 0 spiro atoms. The molecule has 9 heteroatoms. The average molecular weight is 399 g/mol. The second-order valence-electron chi connectivity index (χ2n) is 6.94. The largest absolute Gasteiger partial charge is 0.338 e. The van der Waals surface area contributed by atoms with Crippen molar-refractivity contribution in [3.05, 3.63) is 30.1 Å². The minimum Gasteiger partial charge on any atom is -0.338 e. The number of aromatic nitrogens is 2. The number of rotatable bonds is 7. The number of carbonyl (C=O) groups is 1. The number of carbonyl (C=O) groups excluding carboxylic acids is 1. The zero-order valence-electron chi connectivity index (χ0n) is 15.1. The van der Waals surface area contributed by atoms with Gasteiger partial charge in [0.15, 0.2) is 9.84 Å². The third-order valence-electron chi connectivity index (χ3n) is 5.08. The quantitative estimate of drug-likeness (QED) is 0.717. The standard InChI is InChI=1S/C18H23F2N3O3S/c1-22(17(24)10-11-27(25,26)13-6-2-3-7-13)12-16-21-14-8-4-5-9-15(14)23(16)18(19)20/h4-5,8-9,13,18H,2-3,6-7,10-12H2,1H3. The van der Waals surface area contributed by atoms with E-state index in [0.29, 0.717) is 23.9 Å². The van der Waals surface area contributed by atoms with E-state index in [1.165, 1.54) is 11.9 Å². The second-order valence-corrected chi connectivity index (χ2v) is 9.34. The first-order valence-corrected chi connectivity index (χ1v) is 10.7. The van der Waals surface area contributed by atoms with E-state index < -0.39 is 22.3 Å². The van der Waals surface area contributed by atoms with Crippen LogP contribution in [0, 0.1) is 0 Å². The highest BCUT2D eigenvalue weighted by Gasteiger charge is 2.29. The summed E-state index contributed by atoms with van der Waals surface area (Å²) in [6.45, 7) is -2.89. The Morgan fingerprint density at radius 3 is 2.63 bits per heavy atom. The summed E-state index contributed by atoms with van der Waals surface area (Å²) in [7, 11) is -1.82. The first kappa shape index (κ1) is 19.7. The molecule has 0 atom stereocenters. The summed E-state index contributed by atoms with van der Waals surface area (Å²) < 4.78 is 52.3. The Labute approximate surface area is 157 Å². The molecule has 1 amide bonds. The monoisotopic (exact) mass is 399 g/mol. The van der Waals surface area contributed by atoms with E-state index in [4.69, 9.17) is 0 Å². The van der Waals surface area contributed by atoms with Crippen LogP contribution in [0.4, 0.5) is 8.78 Å². The van der Waals surface area contributed by atoms with E-state index >= 15 is 0 Å². The van der Waals surface area contributed by atoms with E-state index in [2.05, 4.69) is 4.98 Å². The number of amides is 1. The van der Waals surface area contributed by atoms with Crippen molar-refractivity contribution < 1.29 is 22.0 Å². The molecule has 1 fully saturated rings. The number of benzene rings is 1. The SMILES string of the molecule is CN(Cc1nc2ccccc2n1C(F)F)C(=O)CCS(=O)(=O)C1CCCC1. The van der Waals surface area contributed by atoms with Gasteiger partial charge in [0.05, 0.1) is 28.6 Å². The number of sulfone groups is 1. The van der Waals surface area contributed by atoms with Gasteiger partial charge in [0.1, 0.15) is 5.82 Å². The van der Waals surface area contributed by atoms with Crippen LogP contribution in [0.5, 0.6) is 0 Å². The number of fused-ring (bicyclic) bond motifs is 1. The molecule has 2 aromatic rings. The summed E-state index contributed by atoms with van der Waals surface area (Å²) in [6.07, 6.45) is 2.98. The van der Waals surface area contributed by atoms with Crippen molar-refractivity contribution in [1.82, 2.24) is 14.5 Å². The zero-order chi connectivity index (χ0) is 19.6. The Kier molecular flexibility index (Phi) is 5.78. The molecule has 1 aliphatic carbocycles. The predicted molar refractivity (Wildman–Crippen MR) is 98.1 cm³/mol. The van der Waals surface area contributed by atoms with Crippen LogP contribution in [0.3, 0.4) is 0 Å². The highest BCUT2D eigenvalue weighted by molar-refractivity contribution is 7.92. The van der Waals surface area contributed by atoms with E-state index in [1.807, 2.05) is 0 Å². The average Bonchev–Trinajstić information content (AvgIpc) is 3.27. The molecule has 0 bridgehead atoms. The number of nitrogens with zero attached hydrogens (tertiary/aromatic N) is 3. The summed E-state index contributed by atoms with van der Waals surface area (Å²) in [6, 6.07) is 6.54. The highest BCUT2D eigenvalue weighted by atomic mass is 32.2. The molecule has 1 aromatic heterocycles. The lowest BCUT2D eigenvalue weighted by atomic mass is 10.3. The molecule has 6 nitrogen and oxygen atoms in total.